The zero-order chi connectivity index (χ0) is 13.1. The Labute approximate surface area is 108 Å². The lowest BCUT2D eigenvalue weighted by atomic mass is 10.2. The quantitative estimate of drug-likeness (QED) is 0.824. The van der Waals surface area contributed by atoms with E-state index in [0.717, 1.165) is 17.9 Å². The zero-order valence-corrected chi connectivity index (χ0v) is 10.8. The van der Waals surface area contributed by atoms with Gasteiger partial charge in [-0.2, -0.15) is 11.8 Å². The first-order chi connectivity index (χ1) is 8.58. The van der Waals surface area contributed by atoms with Crippen molar-refractivity contribution in [2.75, 3.05) is 18.6 Å². The molecule has 1 aromatic rings. The van der Waals surface area contributed by atoms with Gasteiger partial charge in [-0.3, -0.25) is 4.79 Å². The first-order valence-electron chi connectivity index (χ1n) is 5.54. The summed E-state index contributed by atoms with van der Waals surface area (Å²) in [6, 6.07) is 0.268. The van der Waals surface area contributed by atoms with Gasteiger partial charge in [0.15, 0.2) is 5.69 Å². The summed E-state index contributed by atoms with van der Waals surface area (Å²) in [4.78, 5) is 24.3. The topological polar surface area (TPSA) is 88.3 Å². The highest BCUT2D eigenvalue weighted by atomic mass is 32.2. The smallest absolute Gasteiger partial charge is 0.358 e. The van der Waals surface area contributed by atoms with Crippen molar-refractivity contribution in [3.05, 3.63) is 11.9 Å². The third-order valence-electron chi connectivity index (χ3n) is 2.90. The lowest BCUT2D eigenvalue weighted by Gasteiger charge is -2.23. The first-order valence-corrected chi connectivity index (χ1v) is 6.70. The molecule has 0 radical (unpaired) electrons. The summed E-state index contributed by atoms with van der Waals surface area (Å²) in [5.74, 6) is 0.813. The normalized spacial score (nSPS) is 18.8. The van der Waals surface area contributed by atoms with Crippen LogP contribution in [-0.4, -0.2) is 61.5 Å². The van der Waals surface area contributed by atoms with Gasteiger partial charge in [-0.1, -0.05) is 5.21 Å². The zero-order valence-electron chi connectivity index (χ0n) is 9.94. The molecule has 1 N–H and O–H groups in total. The molecule has 0 aromatic carbocycles. The third kappa shape index (κ3) is 2.81. The van der Waals surface area contributed by atoms with Gasteiger partial charge in [-0.15, -0.1) is 5.10 Å². The third-order valence-corrected chi connectivity index (χ3v) is 4.05. The van der Waals surface area contributed by atoms with Crippen molar-refractivity contribution in [2.24, 2.45) is 0 Å². The van der Waals surface area contributed by atoms with Crippen molar-refractivity contribution in [3.63, 3.8) is 0 Å². The van der Waals surface area contributed by atoms with E-state index in [4.69, 9.17) is 5.11 Å². The highest BCUT2D eigenvalue weighted by Crippen LogP contribution is 2.21. The molecule has 0 bridgehead atoms. The molecule has 98 valence electrons. The van der Waals surface area contributed by atoms with Gasteiger partial charge in [0.2, 0.25) is 5.91 Å². The molecule has 1 aliphatic rings. The highest BCUT2D eigenvalue weighted by molar-refractivity contribution is 7.99. The van der Waals surface area contributed by atoms with E-state index in [2.05, 4.69) is 10.3 Å². The fraction of sp³-hybridized carbons (Fsp3) is 0.600. The van der Waals surface area contributed by atoms with Crippen LogP contribution >= 0.6 is 11.8 Å². The van der Waals surface area contributed by atoms with Gasteiger partial charge in [0.05, 0.1) is 6.20 Å². The minimum Gasteiger partial charge on any atom is -0.476 e. The fourth-order valence-corrected chi connectivity index (χ4v) is 3.02. The molecular weight excluding hydrogens is 256 g/mol. The lowest BCUT2D eigenvalue weighted by Crippen LogP contribution is -2.39. The van der Waals surface area contributed by atoms with Gasteiger partial charge in [-0.05, 0) is 12.2 Å². The Hall–Kier alpha value is -1.57. The molecule has 1 unspecified atom stereocenters. The maximum absolute atomic E-state index is 12.0. The molecule has 1 aromatic heterocycles. The summed E-state index contributed by atoms with van der Waals surface area (Å²) in [6.07, 6.45) is 2.27. The predicted octanol–water partition coefficient (Wildman–Crippen LogP) is -0.0598. The van der Waals surface area contributed by atoms with Crippen molar-refractivity contribution < 1.29 is 14.7 Å². The minimum absolute atomic E-state index is 0.0257. The number of rotatable bonds is 4. The molecule has 1 amide bonds. The van der Waals surface area contributed by atoms with E-state index in [1.54, 1.807) is 11.9 Å². The van der Waals surface area contributed by atoms with E-state index in [0.29, 0.717) is 0 Å². The fourth-order valence-electron chi connectivity index (χ4n) is 1.75. The second-order valence-electron chi connectivity index (χ2n) is 4.13. The number of likely N-dealkylation sites (N-methyl/N-ethyl adjacent to an activating group) is 1. The molecule has 1 aliphatic heterocycles. The Bertz CT molecular complexity index is 456. The first kappa shape index (κ1) is 12.9. The Morgan fingerprint density at radius 2 is 2.44 bits per heavy atom. The van der Waals surface area contributed by atoms with Gasteiger partial charge < -0.3 is 10.0 Å². The van der Waals surface area contributed by atoms with Gasteiger partial charge in [0, 0.05) is 18.8 Å². The predicted molar refractivity (Wildman–Crippen MR) is 65.5 cm³/mol. The van der Waals surface area contributed by atoms with Crippen LogP contribution in [0.3, 0.4) is 0 Å². The summed E-state index contributed by atoms with van der Waals surface area (Å²) in [7, 11) is 1.77. The molecule has 0 saturated carbocycles. The largest absolute Gasteiger partial charge is 0.476 e. The van der Waals surface area contributed by atoms with E-state index in [9.17, 15) is 9.59 Å². The number of thioether (sulfide) groups is 1. The highest BCUT2D eigenvalue weighted by Gasteiger charge is 2.24. The van der Waals surface area contributed by atoms with Crippen LogP contribution in [0.1, 0.15) is 16.9 Å². The van der Waals surface area contributed by atoms with Crippen molar-refractivity contribution in [1.29, 1.82) is 0 Å². The Morgan fingerprint density at radius 3 is 3.00 bits per heavy atom. The van der Waals surface area contributed by atoms with Crippen molar-refractivity contribution in [3.8, 4) is 0 Å². The standard InChI is InChI=1S/C10H14N4O3S/c1-13(7-2-3-18-6-7)9(15)5-14-4-8(10(16)17)11-12-14/h4,7H,2-3,5-6H2,1H3,(H,16,17). The van der Waals surface area contributed by atoms with Crippen LogP contribution in [0.5, 0.6) is 0 Å². The minimum atomic E-state index is -1.14. The average Bonchev–Trinajstić information content (AvgIpc) is 2.98. The number of hydrogen-bond acceptors (Lipinski definition) is 5. The number of carbonyl (C=O) groups is 2. The van der Waals surface area contributed by atoms with Crippen molar-refractivity contribution >= 4 is 23.6 Å². The van der Waals surface area contributed by atoms with Crippen LogP contribution in [0.4, 0.5) is 0 Å². The van der Waals surface area contributed by atoms with Crippen LogP contribution in [0.25, 0.3) is 0 Å². The van der Waals surface area contributed by atoms with E-state index < -0.39 is 5.97 Å². The van der Waals surface area contributed by atoms with Gasteiger partial charge in [0.1, 0.15) is 6.54 Å². The van der Waals surface area contributed by atoms with E-state index >= 15 is 0 Å². The van der Waals surface area contributed by atoms with Crippen LogP contribution in [-0.2, 0) is 11.3 Å². The molecule has 8 heteroatoms. The van der Waals surface area contributed by atoms with Gasteiger partial charge >= 0.3 is 5.97 Å². The number of nitrogens with zero attached hydrogens (tertiary/aromatic N) is 4. The maximum atomic E-state index is 12.0. The molecule has 18 heavy (non-hydrogen) atoms. The molecular formula is C10H14N4O3S. The molecule has 0 aliphatic carbocycles. The van der Waals surface area contributed by atoms with Crippen LogP contribution < -0.4 is 0 Å². The number of amides is 1. The summed E-state index contributed by atoms with van der Waals surface area (Å²) in [6.45, 7) is 0.0257. The van der Waals surface area contributed by atoms with E-state index in [-0.39, 0.29) is 24.2 Å². The van der Waals surface area contributed by atoms with Crippen molar-refractivity contribution in [2.45, 2.75) is 19.0 Å². The molecule has 1 saturated heterocycles. The summed E-state index contributed by atoms with van der Waals surface area (Å²) < 4.78 is 1.25. The number of carboxylic acid groups (broad SMARTS) is 1. The molecule has 1 fully saturated rings. The lowest BCUT2D eigenvalue weighted by molar-refractivity contribution is -0.132. The van der Waals surface area contributed by atoms with Gasteiger partial charge in [0.25, 0.3) is 0 Å². The Balaban J connectivity index is 1.95. The number of hydrogen-bond donors (Lipinski definition) is 1. The van der Waals surface area contributed by atoms with Gasteiger partial charge in [-0.25, -0.2) is 9.48 Å². The molecule has 0 spiro atoms. The van der Waals surface area contributed by atoms with Crippen LogP contribution in [0, 0.1) is 0 Å². The molecule has 2 rings (SSSR count). The number of carboxylic acids is 1. The second kappa shape index (κ2) is 5.38. The van der Waals surface area contributed by atoms with Crippen LogP contribution in [0.15, 0.2) is 6.20 Å². The summed E-state index contributed by atoms with van der Waals surface area (Å²) >= 11 is 1.84. The average molecular weight is 270 g/mol. The number of carbonyl (C=O) groups excluding carboxylic acids is 1. The SMILES string of the molecule is CN(C(=O)Cn1cc(C(=O)O)nn1)C1CCSC1. The Kier molecular flexibility index (Phi) is 3.85. The summed E-state index contributed by atoms with van der Waals surface area (Å²) in [5, 5.41) is 15.8. The van der Waals surface area contributed by atoms with Crippen molar-refractivity contribution in [1.82, 2.24) is 19.9 Å². The second-order valence-corrected chi connectivity index (χ2v) is 5.28. The summed E-state index contributed by atoms with van der Waals surface area (Å²) in [5.41, 5.74) is -0.151. The molecule has 7 nitrogen and oxygen atoms in total. The Morgan fingerprint density at radius 1 is 1.67 bits per heavy atom. The van der Waals surface area contributed by atoms with Crippen LogP contribution in [0.2, 0.25) is 0 Å². The molecule has 1 atom stereocenters. The number of aromatic carboxylic acids is 1. The maximum Gasteiger partial charge on any atom is 0.358 e. The monoisotopic (exact) mass is 270 g/mol. The molecule has 2 heterocycles. The van der Waals surface area contributed by atoms with E-state index in [1.165, 1.54) is 10.9 Å². The number of aromatic nitrogens is 3. The van der Waals surface area contributed by atoms with E-state index in [1.807, 2.05) is 11.8 Å².